The zero-order valence-corrected chi connectivity index (χ0v) is 10.2. The number of aromatic nitrogens is 2. The summed E-state index contributed by atoms with van der Waals surface area (Å²) in [7, 11) is 0. The third kappa shape index (κ3) is 1.55. The third-order valence-electron chi connectivity index (χ3n) is 3.01. The lowest BCUT2D eigenvalue weighted by Gasteiger charge is -2.12. The molecule has 5 heteroatoms. The summed E-state index contributed by atoms with van der Waals surface area (Å²) < 4.78 is 16.0. The minimum absolute atomic E-state index is 0.241. The quantitative estimate of drug-likeness (QED) is 0.872. The first kappa shape index (κ1) is 10.2. The molecular weight excluding hydrogens is 273 g/mol. The number of nitrogens with one attached hydrogen (secondary N) is 1. The molecule has 2 heterocycles. The van der Waals surface area contributed by atoms with Gasteiger partial charge in [0.25, 0.3) is 0 Å². The molecule has 1 saturated heterocycles. The Bertz CT molecular complexity index is 531. The van der Waals surface area contributed by atoms with Gasteiger partial charge in [0.05, 0.1) is 11.0 Å². The first-order valence-corrected chi connectivity index (χ1v) is 6.09. The van der Waals surface area contributed by atoms with Crippen LogP contribution < -0.4 is 5.32 Å². The van der Waals surface area contributed by atoms with Gasteiger partial charge in [0.15, 0.2) is 4.73 Å². The lowest BCUT2D eigenvalue weighted by molar-refractivity contribution is 0.551. The van der Waals surface area contributed by atoms with Crippen molar-refractivity contribution in [1.29, 1.82) is 0 Å². The van der Waals surface area contributed by atoms with Crippen LogP contribution in [-0.2, 0) is 0 Å². The fraction of sp³-hybridized carbons (Fsp3) is 0.364. The van der Waals surface area contributed by atoms with E-state index in [0.29, 0.717) is 11.6 Å². The van der Waals surface area contributed by atoms with E-state index in [0.717, 1.165) is 29.8 Å². The molecule has 0 bridgehead atoms. The van der Waals surface area contributed by atoms with Crippen LogP contribution in [0.2, 0.25) is 0 Å². The summed E-state index contributed by atoms with van der Waals surface area (Å²) in [6.07, 6.45) is 1.08. The summed E-state index contributed by atoms with van der Waals surface area (Å²) >= 11 is 3.45. The molecule has 0 radical (unpaired) electrons. The van der Waals surface area contributed by atoms with Crippen LogP contribution in [0, 0.1) is 5.82 Å². The topological polar surface area (TPSA) is 29.9 Å². The van der Waals surface area contributed by atoms with Gasteiger partial charge < -0.3 is 9.88 Å². The number of fused-ring (bicyclic) bond motifs is 1. The molecule has 16 heavy (non-hydrogen) atoms. The van der Waals surface area contributed by atoms with Crippen molar-refractivity contribution in [2.45, 2.75) is 12.5 Å². The van der Waals surface area contributed by atoms with Gasteiger partial charge in [-0.1, -0.05) is 0 Å². The molecule has 0 saturated carbocycles. The van der Waals surface area contributed by atoms with Crippen molar-refractivity contribution in [3.8, 4) is 0 Å². The van der Waals surface area contributed by atoms with Crippen molar-refractivity contribution in [2.24, 2.45) is 0 Å². The molecule has 1 aliphatic heterocycles. The second kappa shape index (κ2) is 3.82. The van der Waals surface area contributed by atoms with Gasteiger partial charge in [-0.25, -0.2) is 9.37 Å². The Morgan fingerprint density at radius 3 is 3.12 bits per heavy atom. The Hall–Kier alpha value is -0.940. The van der Waals surface area contributed by atoms with Crippen molar-refractivity contribution in [2.75, 3.05) is 13.1 Å². The number of nitrogens with zero attached hydrogens (tertiary/aromatic N) is 2. The number of rotatable bonds is 1. The van der Waals surface area contributed by atoms with Crippen LogP contribution in [0.3, 0.4) is 0 Å². The summed E-state index contributed by atoms with van der Waals surface area (Å²) in [4.78, 5) is 4.33. The molecule has 2 aromatic rings. The molecule has 0 amide bonds. The Balaban J connectivity index is 2.18. The van der Waals surface area contributed by atoms with E-state index in [1.54, 1.807) is 6.07 Å². The zero-order valence-electron chi connectivity index (χ0n) is 8.58. The molecule has 1 aromatic heterocycles. The predicted octanol–water partition coefficient (Wildman–Crippen LogP) is 2.47. The maximum Gasteiger partial charge on any atom is 0.178 e. The Morgan fingerprint density at radius 2 is 2.38 bits per heavy atom. The average molecular weight is 284 g/mol. The molecule has 1 atom stereocenters. The third-order valence-corrected chi connectivity index (χ3v) is 3.57. The smallest absolute Gasteiger partial charge is 0.178 e. The molecule has 0 spiro atoms. The lowest BCUT2D eigenvalue weighted by atomic mass is 10.2. The van der Waals surface area contributed by atoms with Crippen LogP contribution in [0.5, 0.6) is 0 Å². The highest BCUT2D eigenvalue weighted by Gasteiger charge is 2.21. The van der Waals surface area contributed by atoms with E-state index in [1.807, 2.05) is 0 Å². The van der Waals surface area contributed by atoms with Crippen LogP contribution in [0.25, 0.3) is 11.0 Å². The fourth-order valence-corrected chi connectivity index (χ4v) is 2.92. The Kier molecular flexibility index (Phi) is 2.44. The van der Waals surface area contributed by atoms with Gasteiger partial charge in [-0.3, -0.25) is 0 Å². The maximum atomic E-state index is 13.1. The van der Waals surface area contributed by atoms with E-state index in [9.17, 15) is 4.39 Å². The van der Waals surface area contributed by atoms with Crippen LogP contribution in [0.1, 0.15) is 12.5 Å². The Labute approximate surface area is 101 Å². The molecule has 1 unspecified atom stereocenters. The average Bonchev–Trinajstić information content (AvgIpc) is 2.83. The van der Waals surface area contributed by atoms with E-state index in [-0.39, 0.29) is 5.82 Å². The molecule has 1 aromatic carbocycles. The van der Waals surface area contributed by atoms with Crippen molar-refractivity contribution in [3.63, 3.8) is 0 Å². The minimum atomic E-state index is -0.241. The van der Waals surface area contributed by atoms with Gasteiger partial charge in [0.1, 0.15) is 5.82 Å². The normalized spacial score (nSPS) is 20.8. The molecule has 1 aliphatic rings. The van der Waals surface area contributed by atoms with Crippen molar-refractivity contribution < 1.29 is 4.39 Å². The van der Waals surface area contributed by atoms with Crippen LogP contribution >= 0.6 is 15.9 Å². The highest BCUT2D eigenvalue weighted by atomic mass is 79.9. The first-order valence-electron chi connectivity index (χ1n) is 5.29. The van der Waals surface area contributed by atoms with E-state index in [2.05, 4.69) is 30.8 Å². The van der Waals surface area contributed by atoms with Crippen LogP contribution in [0.15, 0.2) is 22.9 Å². The van der Waals surface area contributed by atoms with Gasteiger partial charge in [0.2, 0.25) is 0 Å². The number of hydrogen-bond acceptors (Lipinski definition) is 2. The SMILES string of the molecule is Fc1ccc2c(c1)nc(Br)n2C1CCNC1. The van der Waals surface area contributed by atoms with Gasteiger partial charge >= 0.3 is 0 Å². The predicted molar refractivity (Wildman–Crippen MR) is 63.9 cm³/mol. The molecule has 1 fully saturated rings. The number of imidazole rings is 1. The standard InChI is InChI=1S/C11H11BrFN3/c12-11-15-9-5-7(13)1-2-10(9)16(11)8-3-4-14-6-8/h1-2,5,8,14H,3-4,6H2. The van der Waals surface area contributed by atoms with Crippen molar-refractivity contribution >= 4 is 27.0 Å². The molecular formula is C11H11BrFN3. The summed E-state index contributed by atoms with van der Waals surface area (Å²) in [6, 6.07) is 5.15. The molecule has 3 nitrogen and oxygen atoms in total. The highest BCUT2D eigenvalue weighted by molar-refractivity contribution is 9.10. The van der Waals surface area contributed by atoms with Gasteiger partial charge in [-0.05, 0) is 41.0 Å². The lowest BCUT2D eigenvalue weighted by Crippen LogP contribution is -2.13. The maximum absolute atomic E-state index is 13.1. The van der Waals surface area contributed by atoms with Crippen molar-refractivity contribution in [1.82, 2.24) is 14.9 Å². The monoisotopic (exact) mass is 283 g/mol. The van der Waals surface area contributed by atoms with Gasteiger partial charge in [-0.2, -0.15) is 0 Å². The van der Waals surface area contributed by atoms with E-state index in [4.69, 9.17) is 0 Å². The second-order valence-corrected chi connectivity index (χ2v) is 4.74. The van der Waals surface area contributed by atoms with Crippen LogP contribution in [-0.4, -0.2) is 22.6 Å². The molecule has 0 aliphatic carbocycles. The van der Waals surface area contributed by atoms with Crippen LogP contribution in [0.4, 0.5) is 4.39 Å². The largest absolute Gasteiger partial charge is 0.315 e. The second-order valence-electron chi connectivity index (χ2n) is 4.03. The van der Waals surface area contributed by atoms with Gasteiger partial charge in [-0.15, -0.1) is 0 Å². The van der Waals surface area contributed by atoms with E-state index < -0.39 is 0 Å². The fourth-order valence-electron chi connectivity index (χ4n) is 2.25. The first-order chi connectivity index (χ1) is 7.75. The summed E-state index contributed by atoms with van der Waals surface area (Å²) in [5.41, 5.74) is 1.70. The van der Waals surface area contributed by atoms with Gasteiger partial charge in [0, 0.05) is 18.7 Å². The van der Waals surface area contributed by atoms with Crippen molar-refractivity contribution in [3.05, 3.63) is 28.7 Å². The number of halogens is 2. The zero-order chi connectivity index (χ0) is 11.1. The van der Waals surface area contributed by atoms with E-state index in [1.165, 1.54) is 12.1 Å². The number of benzene rings is 1. The highest BCUT2D eigenvalue weighted by Crippen LogP contribution is 2.28. The van der Waals surface area contributed by atoms with E-state index >= 15 is 0 Å². The number of hydrogen-bond donors (Lipinski definition) is 1. The Morgan fingerprint density at radius 1 is 1.50 bits per heavy atom. The molecule has 84 valence electrons. The summed E-state index contributed by atoms with van der Waals surface area (Å²) in [6.45, 7) is 1.97. The minimum Gasteiger partial charge on any atom is -0.315 e. The molecule has 1 N–H and O–H groups in total. The summed E-state index contributed by atoms with van der Waals surface area (Å²) in [5, 5.41) is 3.32. The summed E-state index contributed by atoms with van der Waals surface area (Å²) in [5.74, 6) is -0.241. The molecule has 3 rings (SSSR count).